The van der Waals surface area contributed by atoms with Crippen LogP contribution in [-0.2, 0) is 25.7 Å². The molecule has 2 rings (SSSR count). The van der Waals surface area contributed by atoms with Crippen molar-refractivity contribution in [3.05, 3.63) is 85.0 Å². The van der Waals surface area contributed by atoms with E-state index in [-0.39, 0.29) is 17.9 Å². The first-order chi connectivity index (χ1) is 14.2. The summed E-state index contributed by atoms with van der Waals surface area (Å²) in [4.78, 5) is 35.0. The normalized spacial score (nSPS) is 9.93. The van der Waals surface area contributed by atoms with E-state index in [0.717, 1.165) is 17.2 Å². The topological polar surface area (TPSA) is 78.9 Å². The highest BCUT2D eigenvalue weighted by Gasteiger charge is 2.13. The van der Waals surface area contributed by atoms with Gasteiger partial charge < -0.3 is 14.2 Å². The van der Waals surface area contributed by atoms with E-state index in [2.05, 4.69) is 19.7 Å². The van der Waals surface area contributed by atoms with E-state index >= 15 is 0 Å². The predicted molar refractivity (Wildman–Crippen MR) is 113 cm³/mol. The second-order valence-corrected chi connectivity index (χ2v) is 6.50. The van der Waals surface area contributed by atoms with Gasteiger partial charge in [-0.1, -0.05) is 37.9 Å². The fraction of sp³-hybridized carbons (Fsp3) is 0.125. The largest absolute Gasteiger partial charge is 0.458 e. The molecule has 2 aromatic carbocycles. The molecule has 6 nitrogen and oxygen atoms in total. The lowest BCUT2D eigenvalue weighted by molar-refractivity contribution is -0.139. The highest BCUT2D eigenvalue weighted by molar-refractivity contribution is 5.89. The molecule has 154 valence electrons. The van der Waals surface area contributed by atoms with E-state index in [4.69, 9.17) is 14.2 Å². The first-order valence-electron chi connectivity index (χ1n) is 8.99. The molecule has 0 aromatic heterocycles. The van der Waals surface area contributed by atoms with Crippen molar-refractivity contribution in [3.63, 3.8) is 0 Å². The highest BCUT2D eigenvalue weighted by Crippen LogP contribution is 2.29. The summed E-state index contributed by atoms with van der Waals surface area (Å²) in [6.07, 6.45) is 1.05. The summed E-state index contributed by atoms with van der Waals surface area (Å²) in [5, 5.41) is 0. The molecular formula is C24H22O6. The molecule has 0 heterocycles. The predicted octanol–water partition coefficient (Wildman–Crippen LogP) is 4.55. The summed E-state index contributed by atoms with van der Waals surface area (Å²) in [6, 6.07) is 12.0. The van der Waals surface area contributed by atoms with Gasteiger partial charge in [-0.05, 0) is 49.2 Å². The van der Waals surface area contributed by atoms with Crippen LogP contribution in [0.5, 0.6) is 11.5 Å². The standard InChI is InChI=1S/C24H22O6/c1-6-22(25)28-14-19-13-18(9-12-21(19)30-24(27)16(4)5)17-7-10-20(11-8-17)29-23(26)15(2)3/h6-13H,1-2,4,14H2,3,5H3. The summed E-state index contributed by atoms with van der Waals surface area (Å²) < 4.78 is 15.6. The van der Waals surface area contributed by atoms with E-state index < -0.39 is 17.9 Å². The van der Waals surface area contributed by atoms with Crippen LogP contribution in [0.1, 0.15) is 19.4 Å². The third-order valence-electron chi connectivity index (χ3n) is 3.89. The van der Waals surface area contributed by atoms with Crippen molar-refractivity contribution in [2.45, 2.75) is 20.5 Å². The molecule has 6 heteroatoms. The minimum atomic E-state index is -0.596. The highest BCUT2D eigenvalue weighted by atomic mass is 16.5. The molecule has 0 saturated heterocycles. The second kappa shape index (κ2) is 10.0. The van der Waals surface area contributed by atoms with Crippen molar-refractivity contribution in [1.29, 1.82) is 0 Å². The molecular weight excluding hydrogens is 384 g/mol. The Morgan fingerprint density at radius 1 is 0.867 bits per heavy atom. The number of benzene rings is 2. The van der Waals surface area contributed by atoms with E-state index in [9.17, 15) is 14.4 Å². The summed E-state index contributed by atoms with van der Waals surface area (Å²) in [7, 11) is 0. The van der Waals surface area contributed by atoms with Crippen LogP contribution < -0.4 is 9.47 Å². The van der Waals surface area contributed by atoms with Gasteiger partial charge in [0, 0.05) is 22.8 Å². The zero-order valence-electron chi connectivity index (χ0n) is 16.9. The number of ether oxygens (including phenoxy) is 3. The fourth-order valence-corrected chi connectivity index (χ4v) is 2.28. The monoisotopic (exact) mass is 406 g/mol. The lowest BCUT2D eigenvalue weighted by Crippen LogP contribution is -2.11. The van der Waals surface area contributed by atoms with Crippen molar-refractivity contribution >= 4 is 17.9 Å². The van der Waals surface area contributed by atoms with Crippen LogP contribution >= 0.6 is 0 Å². The van der Waals surface area contributed by atoms with Gasteiger partial charge in [0.2, 0.25) is 0 Å². The van der Waals surface area contributed by atoms with E-state index in [0.29, 0.717) is 16.9 Å². The van der Waals surface area contributed by atoms with Crippen LogP contribution in [0.4, 0.5) is 0 Å². The maximum absolute atomic E-state index is 11.9. The Morgan fingerprint density at radius 2 is 1.43 bits per heavy atom. The van der Waals surface area contributed by atoms with Gasteiger partial charge in [0.05, 0.1) is 0 Å². The maximum atomic E-state index is 11.9. The van der Waals surface area contributed by atoms with E-state index in [1.165, 1.54) is 6.92 Å². The molecule has 0 amide bonds. The van der Waals surface area contributed by atoms with Crippen LogP contribution in [0.3, 0.4) is 0 Å². The molecule has 2 aromatic rings. The van der Waals surface area contributed by atoms with Gasteiger partial charge in [0.25, 0.3) is 0 Å². The molecule has 0 atom stereocenters. The number of carbonyl (C=O) groups is 3. The van der Waals surface area contributed by atoms with Gasteiger partial charge >= 0.3 is 17.9 Å². The summed E-state index contributed by atoms with van der Waals surface area (Å²) in [6.45, 7) is 13.5. The average Bonchev–Trinajstić information content (AvgIpc) is 2.73. The van der Waals surface area contributed by atoms with Crippen molar-refractivity contribution in [2.75, 3.05) is 0 Å². The second-order valence-electron chi connectivity index (χ2n) is 6.50. The van der Waals surface area contributed by atoms with Crippen molar-refractivity contribution < 1.29 is 28.6 Å². The smallest absolute Gasteiger partial charge is 0.338 e. The molecule has 0 aliphatic heterocycles. The molecule has 0 fully saturated rings. The summed E-state index contributed by atoms with van der Waals surface area (Å²) in [5.41, 5.74) is 2.65. The quantitative estimate of drug-likeness (QED) is 0.364. The van der Waals surface area contributed by atoms with E-state index in [1.54, 1.807) is 49.4 Å². The Balaban J connectivity index is 2.31. The molecule has 0 N–H and O–H groups in total. The van der Waals surface area contributed by atoms with Gasteiger partial charge in [-0.3, -0.25) is 0 Å². The van der Waals surface area contributed by atoms with Crippen LogP contribution in [0, 0.1) is 0 Å². The zero-order chi connectivity index (χ0) is 22.3. The number of rotatable bonds is 8. The number of hydrogen-bond acceptors (Lipinski definition) is 6. The number of carbonyl (C=O) groups excluding carboxylic acids is 3. The van der Waals surface area contributed by atoms with Crippen LogP contribution in [0.15, 0.2) is 79.4 Å². The van der Waals surface area contributed by atoms with Crippen molar-refractivity contribution in [1.82, 2.24) is 0 Å². The third-order valence-corrected chi connectivity index (χ3v) is 3.89. The molecule has 0 unspecified atom stereocenters. The first kappa shape index (κ1) is 22.4. The zero-order valence-corrected chi connectivity index (χ0v) is 16.9. The van der Waals surface area contributed by atoms with Gasteiger partial charge in [-0.25, -0.2) is 14.4 Å². The number of esters is 3. The van der Waals surface area contributed by atoms with Crippen LogP contribution in [0.25, 0.3) is 11.1 Å². The van der Waals surface area contributed by atoms with E-state index in [1.807, 2.05) is 0 Å². The van der Waals surface area contributed by atoms with Gasteiger partial charge in [-0.2, -0.15) is 0 Å². The molecule has 0 radical (unpaired) electrons. The van der Waals surface area contributed by atoms with Crippen molar-refractivity contribution in [3.8, 4) is 22.6 Å². The Morgan fingerprint density at radius 3 is 2.00 bits per heavy atom. The lowest BCUT2D eigenvalue weighted by Gasteiger charge is -2.13. The molecule has 0 aliphatic rings. The lowest BCUT2D eigenvalue weighted by atomic mass is 10.0. The van der Waals surface area contributed by atoms with Gasteiger partial charge in [-0.15, -0.1) is 0 Å². The minimum Gasteiger partial charge on any atom is -0.458 e. The third kappa shape index (κ3) is 6.04. The van der Waals surface area contributed by atoms with Crippen molar-refractivity contribution in [2.24, 2.45) is 0 Å². The molecule has 0 saturated carbocycles. The maximum Gasteiger partial charge on any atom is 0.338 e. The summed E-state index contributed by atoms with van der Waals surface area (Å²) in [5.74, 6) is -1.03. The van der Waals surface area contributed by atoms with Crippen LogP contribution in [-0.4, -0.2) is 17.9 Å². The SMILES string of the molecule is C=CC(=O)OCc1cc(-c2ccc(OC(=O)C(=C)C)cc2)ccc1OC(=O)C(=C)C. The van der Waals surface area contributed by atoms with Crippen LogP contribution in [0.2, 0.25) is 0 Å². The Kier molecular flexibility index (Phi) is 7.47. The summed E-state index contributed by atoms with van der Waals surface area (Å²) >= 11 is 0. The Labute approximate surface area is 175 Å². The molecule has 0 aliphatic carbocycles. The molecule has 30 heavy (non-hydrogen) atoms. The Bertz CT molecular complexity index is 1010. The molecule has 0 spiro atoms. The Hall–Kier alpha value is -3.93. The number of hydrogen-bond donors (Lipinski definition) is 0. The average molecular weight is 406 g/mol. The van der Waals surface area contributed by atoms with Gasteiger partial charge in [0.1, 0.15) is 18.1 Å². The van der Waals surface area contributed by atoms with Gasteiger partial charge in [0.15, 0.2) is 0 Å². The molecule has 0 bridgehead atoms. The first-order valence-corrected chi connectivity index (χ1v) is 8.99. The minimum absolute atomic E-state index is 0.105. The fourth-order valence-electron chi connectivity index (χ4n) is 2.28.